The second-order valence-corrected chi connectivity index (χ2v) is 4.09. The zero-order valence-electron chi connectivity index (χ0n) is 8.12. The van der Waals surface area contributed by atoms with E-state index in [-0.39, 0.29) is 16.1 Å². The molecule has 1 heterocycles. The smallest absolute Gasteiger partial charge is 0.347 e. The number of hydrogen-bond donors (Lipinski definition) is 1. The molecule has 0 bridgehead atoms. The molecule has 1 aromatic rings. The lowest BCUT2D eigenvalue weighted by molar-refractivity contribution is -0.152. The lowest BCUT2D eigenvalue weighted by Crippen LogP contribution is -2.38. The van der Waals surface area contributed by atoms with Crippen molar-refractivity contribution in [1.29, 1.82) is 0 Å². The topological polar surface area (TPSA) is 59.4 Å². The van der Waals surface area contributed by atoms with Crippen molar-refractivity contribution in [3.8, 4) is 5.75 Å². The van der Waals surface area contributed by atoms with Gasteiger partial charge in [-0.3, -0.25) is 0 Å². The van der Waals surface area contributed by atoms with Gasteiger partial charge in [0.25, 0.3) is 0 Å². The zero-order chi connectivity index (χ0) is 11.6. The highest BCUT2D eigenvalue weighted by Gasteiger charge is 2.30. The van der Waals surface area contributed by atoms with E-state index < -0.39 is 11.6 Å². The van der Waals surface area contributed by atoms with Gasteiger partial charge in [0.2, 0.25) is 0 Å². The minimum Gasteiger partial charge on any atom is -0.478 e. The minimum absolute atomic E-state index is 0.0387. The van der Waals surface area contributed by atoms with E-state index in [1.54, 1.807) is 0 Å². The van der Waals surface area contributed by atoms with Crippen LogP contribution in [0.15, 0.2) is 12.1 Å². The Bertz CT molecular complexity index is 393. The van der Waals surface area contributed by atoms with Crippen molar-refractivity contribution in [1.82, 2.24) is 4.98 Å². The molecular weight excluding hydrogens is 241 g/mol. The maximum Gasteiger partial charge on any atom is 0.347 e. The van der Waals surface area contributed by atoms with Crippen LogP contribution in [0.1, 0.15) is 13.8 Å². The number of carbonyl (C=O) groups is 1. The largest absolute Gasteiger partial charge is 0.478 e. The van der Waals surface area contributed by atoms with Gasteiger partial charge in [0.15, 0.2) is 16.5 Å². The van der Waals surface area contributed by atoms with Crippen LogP contribution in [0.25, 0.3) is 0 Å². The van der Waals surface area contributed by atoms with Gasteiger partial charge in [-0.25, -0.2) is 9.78 Å². The van der Waals surface area contributed by atoms with Crippen LogP contribution in [0.3, 0.4) is 0 Å². The van der Waals surface area contributed by atoms with Gasteiger partial charge in [-0.05, 0) is 26.0 Å². The number of hydrogen-bond acceptors (Lipinski definition) is 3. The fourth-order valence-corrected chi connectivity index (χ4v) is 1.18. The third-order valence-corrected chi connectivity index (χ3v) is 2.14. The summed E-state index contributed by atoms with van der Waals surface area (Å²) in [6.07, 6.45) is 0. The summed E-state index contributed by atoms with van der Waals surface area (Å²) < 4.78 is 5.20. The molecular formula is C9H9Cl2NO3. The van der Waals surface area contributed by atoms with Crippen molar-refractivity contribution in [2.75, 3.05) is 0 Å². The highest BCUT2D eigenvalue weighted by atomic mass is 35.5. The van der Waals surface area contributed by atoms with Gasteiger partial charge in [-0.15, -0.1) is 0 Å². The Morgan fingerprint density at radius 3 is 2.53 bits per heavy atom. The molecule has 1 rings (SSSR count). The molecule has 0 fully saturated rings. The summed E-state index contributed by atoms with van der Waals surface area (Å²) in [6, 6.07) is 2.95. The van der Waals surface area contributed by atoms with Crippen LogP contribution in [0.5, 0.6) is 5.75 Å². The Balaban J connectivity index is 2.95. The number of carboxylic acid groups (broad SMARTS) is 1. The van der Waals surface area contributed by atoms with E-state index in [0.717, 1.165) is 0 Å². The lowest BCUT2D eigenvalue weighted by Gasteiger charge is -2.21. The summed E-state index contributed by atoms with van der Waals surface area (Å²) in [7, 11) is 0. The van der Waals surface area contributed by atoms with E-state index in [1.165, 1.54) is 26.0 Å². The van der Waals surface area contributed by atoms with Crippen LogP contribution >= 0.6 is 23.2 Å². The molecule has 15 heavy (non-hydrogen) atoms. The third kappa shape index (κ3) is 2.97. The molecule has 0 unspecified atom stereocenters. The predicted octanol–water partition coefficient (Wildman–Crippen LogP) is 2.63. The molecule has 0 spiro atoms. The van der Waals surface area contributed by atoms with Gasteiger partial charge in [0.1, 0.15) is 5.15 Å². The standard InChI is InChI=1S/C9H9Cl2NO3/c1-9(2,8(13)14)15-5-3-4-6(10)12-7(5)11/h3-4H,1-2H3,(H,13,14). The monoisotopic (exact) mass is 249 g/mol. The number of nitrogens with zero attached hydrogens (tertiary/aromatic N) is 1. The number of aromatic nitrogens is 1. The van der Waals surface area contributed by atoms with Crippen LogP contribution in [0.4, 0.5) is 0 Å². The Morgan fingerprint density at radius 2 is 2.07 bits per heavy atom. The molecule has 0 aromatic carbocycles. The fraction of sp³-hybridized carbons (Fsp3) is 0.333. The number of carboxylic acids is 1. The van der Waals surface area contributed by atoms with Crippen molar-refractivity contribution in [3.63, 3.8) is 0 Å². The maximum atomic E-state index is 10.8. The van der Waals surface area contributed by atoms with Crippen molar-refractivity contribution >= 4 is 29.2 Å². The summed E-state index contributed by atoms with van der Waals surface area (Å²) in [5.41, 5.74) is -1.36. The van der Waals surface area contributed by atoms with E-state index in [9.17, 15) is 4.79 Å². The first-order valence-corrected chi connectivity index (χ1v) is 4.83. The summed E-state index contributed by atoms with van der Waals surface area (Å²) >= 11 is 11.3. The quantitative estimate of drug-likeness (QED) is 0.837. The minimum atomic E-state index is -1.36. The number of rotatable bonds is 3. The van der Waals surface area contributed by atoms with Crippen LogP contribution in [0.2, 0.25) is 10.3 Å². The molecule has 4 nitrogen and oxygen atoms in total. The normalized spacial score (nSPS) is 11.2. The molecule has 82 valence electrons. The fourth-order valence-electron chi connectivity index (χ4n) is 0.794. The molecule has 0 atom stereocenters. The number of ether oxygens (including phenoxy) is 1. The molecule has 6 heteroatoms. The average Bonchev–Trinajstić information content (AvgIpc) is 2.09. The van der Waals surface area contributed by atoms with Crippen LogP contribution in [-0.4, -0.2) is 21.7 Å². The Labute approximate surface area is 96.8 Å². The Morgan fingerprint density at radius 1 is 1.47 bits per heavy atom. The van der Waals surface area contributed by atoms with E-state index >= 15 is 0 Å². The van der Waals surface area contributed by atoms with Crippen molar-refractivity contribution < 1.29 is 14.6 Å². The number of aliphatic carboxylic acids is 1. The summed E-state index contributed by atoms with van der Waals surface area (Å²) in [4.78, 5) is 14.5. The highest BCUT2D eigenvalue weighted by molar-refractivity contribution is 6.33. The first-order chi connectivity index (χ1) is 6.83. The summed E-state index contributed by atoms with van der Waals surface area (Å²) in [6.45, 7) is 2.83. The van der Waals surface area contributed by atoms with Crippen molar-refractivity contribution in [3.05, 3.63) is 22.4 Å². The molecule has 0 aliphatic carbocycles. The highest BCUT2D eigenvalue weighted by Crippen LogP contribution is 2.27. The van der Waals surface area contributed by atoms with Gasteiger partial charge in [-0.2, -0.15) is 0 Å². The molecule has 1 N–H and O–H groups in total. The molecule has 0 saturated heterocycles. The van der Waals surface area contributed by atoms with E-state index in [1.807, 2.05) is 0 Å². The van der Waals surface area contributed by atoms with Crippen LogP contribution in [-0.2, 0) is 4.79 Å². The lowest BCUT2D eigenvalue weighted by atomic mass is 10.1. The average molecular weight is 250 g/mol. The van der Waals surface area contributed by atoms with E-state index in [0.29, 0.717) is 0 Å². The predicted molar refractivity (Wildman–Crippen MR) is 56.6 cm³/mol. The summed E-state index contributed by atoms with van der Waals surface area (Å²) in [5.74, 6) is -0.901. The van der Waals surface area contributed by atoms with Gasteiger partial charge in [0, 0.05) is 0 Å². The van der Waals surface area contributed by atoms with Gasteiger partial charge >= 0.3 is 5.97 Å². The first kappa shape index (κ1) is 12.1. The van der Waals surface area contributed by atoms with Gasteiger partial charge < -0.3 is 9.84 Å². The van der Waals surface area contributed by atoms with Crippen molar-refractivity contribution in [2.45, 2.75) is 19.4 Å². The third-order valence-electron chi connectivity index (χ3n) is 1.66. The molecule has 0 aliphatic heterocycles. The number of pyridine rings is 1. The molecule has 0 amide bonds. The van der Waals surface area contributed by atoms with Crippen LogP contribution < -0.4 is 4.74 Å². The van der Waals surface area contributed by atoms with Gasteiger partial charge in [-0.1, -0.05) is 23.2 Å². The molecule has 1 aromatic heterocycles. The summed E-state index contributed by atoms with van der Waals surface area (Å²) in [5, 5.41) is 9.09. The molecule has 0 aliphatic rings. The van der Waals surface area contributed by atoms with Crippen LogP contribution in [0, 0.1) is 0 Å². The molecule has 0 radical (unpaired) electrons. The van der Waals surface area contributed by atoms with E-state index in [4.69, 9.17) is 33.0 Å². The van der Waals surface area contributed by atoms with Gasteiger partial charge in [0.05, 0.1) is 0 Å². The molecule has 0 saturated carbocycles. The maximum absolute atomic E-state index is 10.8. The first-order valence-electron chi connectivity index (χ1n) is 4.07. The SMILES string of the molecule is CC(C)(Oc1ccc(Cl)nc1Cl)C(=O)O. The zero-order valence-corrected chi connectivity index (χ0v) is 9.63. The van der Waals surface area contributed by atoms with Crippen molar-refractivity contribution in [2.24, 2.45) is 0 Å². The Kier molecular flexibility index (Phi) is 3.42. The number of halogens is 2. The van der Waals surface area contributed by atoms with E-state index in [2.05, 4.69) is 4.98 Å². The second-order valence-electron chi connectivity index (χ2n) is 3.34. The Hall–Kier alpha value is -1.00. The second kappa shape index (κ2) is 4.24.